The monoisotopic (exact) mass is 333 g/mol. The average molecular weight is 334 g/mol. The van der Waals surface area contributed by atoms with Crippen molar-refractivity contribution in [2.75, 3.05) is 25.5 Å². The van der Waals surface area contributed by atoms with Crippen LogP contribution in [0.1, 0.15) is 46.5 Å². The molecule has 122 valence electrons. The summed E-state index contributed by atoms with van der Waals surface area (Å²) < 4.78 is 5.37. The van der Waals surface area contributed by atoms with Crippen LogP contribution in [0, 0.1) is 0 Å². The molecule has 1 saturated heterocycles. The number of nitrogens with one attached hydrogen (secondary N) is 1. The Labute approximate surface area is 138 Å². The van der Waals surface area contributed by atoms with Crippen LogP contribution in [-0.4, -0.2) is 47.9 Å². The Kier molecular flexibility index (Phi) is 10.1. The maximum atomic E-state index is 6.12. The number of ether oxygens (including phenoxy) is 1. The van der Waals surface area contributed by atoms with E-state index in [9.17, 15) is 0 Å². The van der Waals surface area contributed by atoms with E-state index in [2.05, 4.69) is 17.2 Å². The number of amidine groups is 2. The third kappa shape index (κ3) is 7.52. The van der Waals surface area contributed by atoms with Crippen molar-refractivity contribution in [3.63, 3.8) is 0 Å². The molecular weight excluding hydrogens is 306 g/mol. The van der Waals surface area contributed by atoms with Gasteiger partial charge in [-0.15, -0.1) is 0 Å². The number of hydrogen-bond acceptors (Lipinski definition) is 4. The molecular formula is C15H28ClN3OS. The molecule has 6 heteroatoms. The highest BCUT2D eigenvalue weighted by atomic mass is 35.5. The number of aliphatic imine (C=N–C) groups is 2. The van der Waals surface area contributed by atoms with Gasteiger partial charge in [-0.25, -0.2) is 0 Å². The highest BCUT2D eigenvalue weighted by molar-refractivity contribution is 8.00. The van der Waals surface area contributed by atoms with E-state index < -0.39 is 0 Å². The van der Waals surface area contributed by atoms with Gasteiger partial charge in [-0.3, -0.25) is 9.98 Å². The lowest BCUT2D eigenvalue weighted by molar-refractivity contribution is 0.0870. The third-order valence-electron chi connectivity index (χ3n) is 3.30. The molecule has 2 aliphatic heterocycles. The van der Waals surface area contributed by atoms with E-state index in [1.807, 2.05) is 25.6 Å². The first-order valence-corrected chi connectivity index (χ1v) is 9.42. The van der Waals surface area contributed by atoms with Crippen LogP contribution in [0.2, 0.25) is 0 Å². The maximum absolute atomic E-state index is 6.12. The molecule has 1 N–H and O–H groups in total. The van der Waals surface area contributed by atoms with Gasteiger partial charge in [0.1, 0.15) is 5.84 Å². The molecule has 0 radical (unpaired) electrons. The van der Waals surface area contributed by atoms with Gasteiger partial charge in [-0.1, -0.05) is 13.8 Å². The van der Waals surface area contributed by atoms with E-state index >= 15 is 0 Å². The quantitative estimate of drug-likeness (QED) is 0.744. The fraction of sp³-hybridized carbons (Fsp3) is 0.867. The van der Waals surface area contributed by atoms with E-state index in [0.717, 1.165) is 50.6 Å². The minimum atomic E-state index is 0.338. The Hall–Kier alpha value is -0.260. The van der Waals surface area contributed by atoms with Crippen LogP contribution < -0.4 is 5.32 Å². The summed E-state index contributed by atoms with van der Waals surface area (Å²) in [7, 11) is 0. The topological polar surface area (TPSA) is 46.0 Å². The first kappa shape index (κ1) is 18.8. The van der Waals surface area contributed by atoms with Crippen LogP contribution in [0.3, 0.4) is 0 Å². The zero-order valence-corrected chi connectivity index (χ0v) is 15.0. The Balaban J connectivity index is 0.00000106. The molecule has 0 aromatic rings. The molecule has 0 aliphatic carbocycles. The number of nitrogens with zero attached hydrogens (tertiary/aromatic N) is 2. The lowest BCUT2D eigenvalue weighted by Crippen LogP contribution is -2.36. The summed E-state index contributed by atoms with van der Waals surface area (Å²) in [5.74, 6) is 2.12. The van der Waals surface area contributed by atoms with Crippen molar-refractivity contribution in [3.05, 3.63) is 0 Å². The third-order valence-corrected chi connectivity index (χ3v) is 4.76. The summed E-state index contributed by atoms with van der Waals surface area (Å²) in [6.07, 6.45) is 4.28. The van der Waals surface area contributed by atoms with Crippen LogP contribution in [-0.2, 0) is 4.74 Å². The van der Waals surface area contributed by atoms with Gasteiger partial charge in [0.25, 0.3) is 0 Å². The van der Waals surface area contributed by atoms with Gasteiger partial charge < -0.3 is 10.1 Å². The van der Waals surface area contributed by atoms with Gasteiger partial charge in [0.2, 0.25) is 0 Å². The molecule has 1 fully saturated rings. The molecule has 0 bridgehead atoms. The minimum absolute atomic E-state index is 0.338. The van der Waals surface area contributed by atoms with Crippen molar-refractivity contribution in [2.45, 2.75) is 57.7 Å². The second-order valence-corrected chi connectivity index (χ2v) is 6.68. The number of hydrogen-bond donors (Lipinski definition) is 1. The second-order valence-electron chi connectivity index (χ2n) is 4.88. The van der Waals surface area contributed by atoms with Crippen LogP contribution in [0.5, 0.6) is 0 Å². The molecule has 4 nitrogen and oxygen atoms in total. The molecule has 21 heavy (non-hydrogen) atoms. The van der Waals surface area contributed by atoms with E-state index in [1.54, 1.807) is 0 Å². The predicted octanol–water partition coefficient (Wildman–Crippen LogP) is 3.69. The Morgan fingerprint density at radius 2 is 2.00 bits per heavy atom. The van der Waals surface area contributed by atoms with Crippen molar-refractivity contribution < 1.29 is 4.74 Å². The van der Waals surface area contributed by atoms with Crippen LogP contribution >= 0.6 is 23.4 Å². The van der Waals surface area contributed by atoms with E-state index in [-0.39, 0.29) is 0 Å². The second kappa shape index (κ2) is 11.3. The van der Waals surface area contributed by atoms with Gasteiger partial charge in [-0.05, 0) is 50.0 Å². The zero-order valence-electron chi connectivity index (χ0n) is 13.4. The molecule has 1 atom stereocenters. The molecule has 0 saturated carbocycles. The molecule has 0 amide bonds. The van der Waals surface area contributed by atoms with Crippen molar-refractivity contribution in [1.82, 2.24) is 5.32 Å². The summed E-state index contributed by atoms with van der Waals surface area (Å²) >= 11 is 8.06. The first-order valence-electron chi connectivity index (χ1n) is 7.99. The molecule has 1 unspecified atom stereocenters. The van der Waals surface area contributed by atoms with Gasteiger partial charge in [0, 0.05) is 19.8 Å². The molecule has 0 aromatic carbocycles. The van der Waals surface area contributed by atoms with Crippen molar-refractivity contribution in [1.29, 1.82) is 0 Å². The minimum Gasteiger partial charge on any atom is -0.381 e. The average Bonchev–Trinajstić information content (AvgIpc) is 2.52. The maximum Gasteiger partial charge on any atom is 0.196 e. The Bertz CT molecular complexity index is 344. The van der Waals surface area contributed by atoms with Gasteiger partial charge in [-0.2, -0.15) is 11.8 Å². The summed E-state index contributed by atoms with van der Waals surface area (Å²) in [6.45, 7) is 8.60. The molecule has 2 heterocycles. The fourth-order valence-electron chi connectivity index (χ4n) is 2.13. The normalized spacial score (nSPS) is 27.1. The van der Waals surface area contributed by atoms with Gasteiger partial charge in [0.05, 0.1) is 11.3 Å². The van der Waals surface area contributed by atoms with E-state index in [1.165, 1.54) is 6.42 Å². The highest BCUT2D eigenvalue weighted by Gasteiger charge is 2.18. The zero-order chi connectivity index (χ0) is 15.5. The van der Waals surface area contributed by atoms with Crippen molar-refractivity contribution >= 4 is 34.5 Å². The smallest absolute Gasteiger partial charge is 0.196 e. The molecule has 2 rings (SSSR count). The Morgan fingerprint density at radius 1 is 1.29 bits per heavy atom. The van der Waals surface area contributed by atoms with Crippen molar-refractivity contribution in [3.8, 4) is 0 Å². The molecule has 2 aliphatic rings. The van der Waals surface area contributed by atoms with Crippen LogP contribution in [0.25, 0.3) is 0 Å². The lowest BCUT2D eigenvalue weighted by atomic mass is 10.1. The van der Waals surface area contributed by atoms with E-state index in [4.69, 9.17) is 21.3 Å². The fourth-order valence-corrected chi connectivity index (χ4v) is 3.31. The van der Waals surface area contributed by atoms with Crippen LogP contribution in [0.4, 0.5) is 0 Å². The standard InChI is InChI=1S/C13H22ClN3OS.C2H6/c1-10-12(16-11-4-7-18-8-5-11)17-13(14)15-6-2-3-9-19-10;1-2/h10-11H,2-9H2,1H3,(H,15,16,17);1-2H3. The van der Waals surface area contributed by atoms with Crippen molar-refractivity contribution in [2.24, 2.45) is 9.98 Å². The van der Waals surface area contributed by atoms with Gasteiger partial charge in [0.15, 0.2) is 5.29 Å². The highest BCUT2D eigenvalue weighted by Crippen LogP contribution is 2.18. The SMILES string of the molecule is CC.CC1SCCCCN=C(Cl)NC1=NC1CCOCC1. The Morgan fingerprint density at radius 3 is 2.71 bits per heavy atom. The predicted molar refractivity (Wildman–Crippen MR) is 95.1 cm³/mol. The number of rotatable bonds is 1. The summed E-state index contributed by atoms with van der Waals surface area (Å²) in [5, 5.41) is 4.00. The van der Waals surface area contributed by atoms with E-state index in [0.29, 0.717) is 16.6 Å². The summed E-state index contributed by atoms with van der Waals surface area (Å²) in [4.78, 5) is 9.16. The molecule has 0 aromatic heterocycles. The van der Waals surface area contributed by atoms with Gasteiger partial charge >= 0.3 is 0 Å². The molecule has 0 spiro atoms. The summed E-state index contributed by atoms with van der Waals surface area (Å²) in [6, 6.07) is 0.353. The number of halogens is 1. The number of thioether (sulfide) groups is 1. The first-order chi connectivity index (χ1) is 10.3. The van der Waals surface area contributed by atoms with Crippen LogP contribution in [0.15, 0.2) is 9.98 Å². The lowest BCUT2D eigenvalue weighted by Gasteiger charge is -2.23. The summed E-state index contributed by atoms with van der Waals surface area (Å²) in [5.41, 5.74) is 0. The largest absolute Gasteiger partial charge is 0.381 e.